The van der Waals surface area contributed by atoms with Crippen LogP contribution in [0.3, 0.4) is 0 Å². The lowest BCUT2D eigenvalue weighted by Crippen LogP contribution is -2.07. The van der Waals surface area contributed by atoms with Gasteiger partial charge >= 0.3 is 5.97 Å². The molecule has 1 aromatic carbocycles. The van der Waals surface area contributed by atoms with E-state index < -0.39 is 22.5 Å². The van der Waals surface area contributed by atoms with Crippen LogP contribution >= 0.6 is 0 Å². The van der Waals surface area contributed by atoms with Crippen LogP contribution in [0, 0.1) is 5.82 Å². The van der Waals surface area contributed by atoms with Gasteiger partial charge in [-0.3, -0.25) is 0 Å². The Kier molecular flexibility index (Phi) is 4.62. The summed E-state index contributed by atoms with van der Waals surface area (Å²) in [5, 5.41) is 0. The topological polar surface area (TPSA) is 60.4 Å². The Hall–Kier alpha value is -1.43. The molecule has 4 nitrogen and oxygen atoms in total. The number of ether oxygens (including phenoxy) is 1. The Morgan fingerprint density at radius 3 is 2.47 bits per heavy atom. The maximum absolute atomic E-state index is 13.5. The number of esters is 1. The fourth-order valence-electron chi connectivity index (χ4n) is 1.54. The molecule has 0 N–H and O–H groups in total. The molecule has 0 bridgehead atoms. The van der Waals surface area contributed by atoms with E-state index in [9.17, 15) is 17.6 Å². The third-order valence-corrected chi connectivity index (χ3v) is 2.97. The van der Waals surface area contributed by atoms with Crippen molar-refractivity contribution in [2.24, 2.45) is 0 Å². The van der Waals surface area contributed by atoms with E-state index in [1.165, 1.54) is 12.1 Å². The number of benzene rings is 1. The van der Waals surface area contributed by atoms with Crippen LogP contribution in [-0.2, 0) is 27.6 Å². The second-order valence-corrected chi connectivity index (χ2v) is 4.42. The van der Waals surface area contributed by atoms with E-state index in [1.807, 2.05) is 0 Å². The van der Waals surface area contributed by atoms with Crippen LogP contribution in [0.2, 0.25) is 0 Å². The molecule has 1 rings (SSSR count). The maximum atomic E-state index is 13.5. The second kappa shape index (κ2) is 5.77. The van der Waals surface area contributed by atoms with Crippen molar-refractivity contribution in [2.45, 2.75) is 19.1 Å². The van der Waals surface area contributed by atoms with Crippen LogP contribution in [0.15, 0.2) is 12.1 Å². The lowest BCUT2D eigenvalue weighted by molar-refractivity contribution is 0.0595. The number of hydrogen-bond acceptors (Lipinski definition) is 4. The molecule has 0 aromatic heterocycles. The Bertz CT molecular complexity index is 500. The van der Waals surface area contributed by atoms with E-state index in [4.69, 9.17) is 0 Å². The van der Waals surface area contributed by atoms with Crippen LogP contribution in [-0.4, -0.2) is 21.5 Å². The summed E-state index contributed by atoms with van der Waals surface area (Å²) in [4.78, 5) is 11.3. The number of hydrogen-bond donors (Lipinski definition) is 1. The highest BCUT2D eigenvalue weighted by Gasteiger charge is 2.15. The molecule has 17 heavy (non-hydrogen) atoms. The van der Waals surface area contributed by atoms with Gasteiger partial charge in [0.2, 0.25) is 0 Å². The molecule has 0 spiro atoms. The molecule has 6 heteroatoms. The average Bonchev–Trinajstić information content (AvgIpc) is 2.29. The van der Waals surface area contributed by atoms with E-state index in [0.29, 0.717) is 17.5 Å². The van der Waals surface area contributed by atoms with Gasteiger partial charge < -0.3 is 4.74 Å². The van der Waals surface area contributed by atoms with Gasteiger partial charge in [-0.2, -0.15) is 0 Å². The summed E-state index contributed by atoms with van der Waals surface area (Å²) >= 11 is 0. The number of methoxy groups -OCH3 is 1. The first kappa shape index (κ1) is 13.6. The van der Waals surface area contributed by atoms with Gasteiger partial charge in [0.25, 0.3) is 0 Å². The highest BCUT2D eigenvalue weighted by atomic mass is 32.2. The smallest absolute Gasteiger partial charge is 0.340 e. The normalized spacial score (nSPS) is 10.6. The number of rotatable bonds is 4. The summed E-state index contributed by atoms with van der Waals surface area (Å²) in [5.74, 6) is -1.71. The summed E-state index contributed by atoms with van der Waals surface area (Å²) in [6.07, 6.45) is 0.497. The first-order chi connectivity index (χ1) is 7.99. The molecule has 0 saturated carbocycles. The predicted octanol–water partition coefficient (Wildman–Crippen LogP) is 1.29. The fourth-order valence-corrected chi connectivity index (χ4v) is 2.11. The zero-order valence-electron chi connectivity index (χ0n) is 9.53. The van der Waals surface area contributed by atoms with Crippen molar-refractivity contribution in [3.05, 3.63) is 34.6 Å². The van der Waals surface area contributed by atoms with Crippen LogP contribution < -0.4 is 0 Å². The largest absolute Gasteiger partial charge is 0.465 e. The van der Waals surface area contributed by atoms with Crippen molar-refractivity contribution in [2.75, 3.05) is 7.11 Å². The lowest BCUT2D eigenvalue weighted by Gasteiger charge is -2.08. The zero-order valence-corrected chi connectivity index (χ0v) is 10.4. The molecule has 0 atom stereocenters. The van der Waals surface area contributed by atoms with E-state index in [1.54, 1.807) is 6.92 Å². The number of carbonyl (C=O) groups is 1. The fraction of sp³-hybridized carbons (Fsp3) is 0.364. The summed E-state index contributed by atoms with van der Waals surface area (Å²) in [7, 11) is -1.48. The van der Waals surface area contributed by atoms with Crippen LogP contribution in [0.5, 0.6) is 0 Å². The summed E-state index contributed by atoms with van der Waals surface area (Å²) in [6.45, 7) is 1.79. The van der Waals surface area contributed by atoms with Crippen LogP contribution in [0.25, 0.3) is 0 Å². The zero-order chi connectivity index (χ0) is 13.0. The van der Waals surface area contributed by atoms with Gasteiger partial charge in [0.15, 0.2) is 0 Å². The quantitative estimate of drug-likeness (QED) is 0.654. The van der Waals surface area contributed by atoms with Crippen LogP contribution in [0.4, 0.5) is 4.39 Å². The van der Waals surface area contributed by atoms with Crippen LogP contribution in [0.1, 0.15) is 28.4 Å². The van der Waals surface area contributed by atoms with E-state index in [-0.39, 0.29) is 11.3 Å². The minimum atomic E-state index is -2.62. The van der Waals surface area contributed by atoms with E-state index >= 15 is 0 Å². The standard InChI is InChI=1S/C11H13FO4S/c1-3-7-5-10(12)9(11(13)16-2)4-8(7)6-17(14)15/h4-5,17H,3,6H2,1-2H3. The minimum Gasteiger partial charge on any atom is -0.465 e. The Morgan fingerprint density at radius 2 is 2.00 bits per heavy atom. The summed E-state index contributed by atoms with van der Waals surface area (Å²) in [6, 6.07) is 2.42. The second-order valence-electron chi connectivity index (χ2n) is 3.44. The molecule has 0 aliphatic heterocycles. The average molecular weight is 260 g/mol. The third-order valence-electron chi connectivity index (χ3n) is 2.37. The van der Waals surface area contributed by atoms with Gasteiger partial charge in [-0.25, -0.2) is 17.6 Å². The van der Waals surface area contributed by atoms with Gasteiger partial charge in [-0.15, -0.1) is 0 Å². The minimum absolute atomic E-state index is 0.206. The highest BCUT2D eigenvalue weighted by Crippen LogP contribution is 2.18. The molecular formula is C11H13FO4S. The number of aryl methyl sites for hydroxylation is 1. The molecule has 0 amide bonds. The first-order valence-electron chi connectivity index (χ1n) is 5.01. The third kappa shape index (κ3) is 3.26. The molecule has 0 unspecified atom stereocenters. The molecule has 0 saturated heterocycles. The molecule has 0 fully saturated rings. The van der Waals surface area contributed by atoms with Crippen molar-refractivity contribution in [3.8, 4) is 0 Å². The molecule has 0 radical (unpaired) electrons. The monoisotopic (exact) mass is 260 g/mol. The molecule has 0 heterocycles. The Balaban J connectivity index is 3.31. The molecule has 1 aromatic rings. The maximum Gasteiger partial charge on any atom is 0.340 e. The Morgan fingerprint density at radius 1 is 1.35 bits per heavy atom. The van der Waals surface area contributed by atoms with Gasteiger partial charge in [0.05, 0.1) is 18.4 Å². The van der Waals surface area contributed by atoms with Gasteiger partial charge in [-0.1, -0.05) is 6.92 Å². The lowest BCUT2D eigenvalue weighted by atomic mass is 10.0. The van der Waals surface area contributed by atoms with E-state index in [2.05, 4.69) is 4.74 Å². The first-order valence-corrected chi connectivity index (χ1v) is 6.37. The van der Waals surface area contributed by atoms with Crippen molar-refractivity contribution in [1.29, 1.82) is 0 Å². The molecule has 94 valence electrons. The molecule has 0 aliphatic rings. The van der Waals surface area contributed by atoms with Crippen molar-refractivity contribution in [3.63, 3.8) is 0 Å². The summed E-state index contributed by atoms with van der Waals surface area (Å²) < 4.78 is 39.4. The SMILES string of the molecule is CCc1cc(F)c(C(=O)OC)cc1C[SH](=O)=O. The number of halogens is 1. The highest BCUT2D eigenvalue weighted by molar-refractivity contribution is 7.71. The van der Waals surface area contributed by atoms with Gasteiger partial charge in [0.1, 0.15) is 16.5 Å². The Labute approximate surface area is 100 Å². The van der Waals surface area contributed by atoms with Gasteiger partial charge in [-0.05, 0) is 29.7 Å². The van der Waals surface area contributed by atoms with Crippen molar-refractivity contribution < 1.29 is 22.3 Å². The molecule has 0 aliphatic carbocycles. The molecular weight excluding hydrogens is 247 g/mol. The van der Waals surface area contributed by atoms with Gasteiger partial charge in [0, 0.05) is 0 Å². The van der Waals surface area contributed by atoms with Crippen molar-refractivity contribution in [1.82, 2.24) is 0 Å². The summed E-state index contributed by atoms with van der Waals surface area (Å²) in [5.41, 5.74) is 0.774. The van der Waals surface area contributed by atoms with Crippen molar-refractivity contribution >= 4 is 16.7 Å². The number of thiol groups is 1. The number of carbonyl (C=O) groups excluding carboxylic acids is 1. The predicted molar refractivity (Wildman–Crippen MR) is 61.1 cm³/mol. The van der Waals surface area contributed by atoms with E-state index in [0.717, 1.165) is 7.11 Å².